The number of fused-ring (bicyclic) bond motifs is 1. The summed E-state index contributed by atoms with van der Waals surface area (Å²) in [5.41, 5.74) is -1.35. The molecule has 0 bridgehead atoms. The van der Waals surface area contributed by atoms with Gasteiger partial charge in [-0.15, -0.1) is 0 Å². The highest BCUT2D eigenvalue weighted by Gasteiger charge is 2.45. The molecule has 1 fully saturated rings. The van der Waals surface area contributed by atoms with Crippen LogP contribution in [0.5, 0.6) is 34.5 Å². The third-order valence-corrected chi connectivity index (χ3v) is 5.59. The number of rotatable bonds is 5. The number of ether oxygens (including phenoxy) is 3. The van der Waals surface area contributed by atoms with E-state index in [0.717, 1.165) is 25.3 Å². The molecule has 35 heavy (non-hydrogen) atoms. The first-order chi connectivity index (χ1) is 16.6. The Bertz CT molecular complexity index is 1320. The Labute approximate surface area is 195 Å². The molecule has 1 aromatic heterocycles. The summed E-state index contributed by atoms with van der Waals surface area (Å²) in [5.74, 6) is -3.81. The van der Waals surface area contributed by atoms with Gasteiger partial charge in [0, 0.05) is 11.6 Å². The SMILES string of the molecule is COc1c(O[C@@H]2O[C@H](CO)[C@H](O)[C@H](O)[C@H]2O)cc2oc(-c3ccc(O)c(O)c3)c(O)c(=O)c2c1O. The lowest BCUT2D eigenvalue weighted by atomic mass is 9.99. The Kier molecular flexibility index (Phi) is 6.36. The lowest BCUT2D eigenvalue weighted by Gasteiger charge is -2.39. The summed E-state index contributed by atoms with van der Waals surface area (Å²) in [6, 6.07) is 4.48. The Morgan fingerprint density at radius 3 is 2.29 bits per heavy atom. The first-order valence-corrected chi connectivity index (χ1v) is 10.2. The minimum absolute atomic E-state index is 0.0171. The van der Waals surface area contributed by atoms with Crippen molar-refractivity contribution in [3.8, 4) is 45.8 Å². The van der Waals surface area contributed by atoms with Crippen molar-refractivity contribution in [2.75, 3.05) is 13.7 Å². The standard InChI is InChI=1S/C22H22O13/c1-32-21-11(34-22-19(31)17(29)14(26)12(6-23)35-22)5-10-13(16(21)28)15(27)18(30)20(33-10)7-2-3-8(24)9(25)4-7/h2-5,12,14,17,19,22-26,28-31H,6H2,1H3/t12-,14+,17+,19-,22-/m1/s1. The minimum Gasteiger partial charge on any atom is -0.504 e. The van der Waals surface area contributed by atoms with Crippen molar-refractivity contribution >= 4 is 11.0 Å². The Balaban J connectivity index is 1.85. The van der Waals surface area contributed by atoms with Gasteiger partial charge in [0.2, 0.25) is 23.2 Å². The third kappa shape index (κ3) is 4.05. The molecule has 13 heteroatoms. The van der Waals surface area contributed by atoms with Crippen LogP contribution in [0.1, 0.15) is 0 Å². The molecule has 1 saturated heterocycles. The van der Waals surface area contributed by atoms with Gasteiger partial charge in [0.15, 0.2) is 28.8 Å². The number of aromatic hydroxyl groups is 4. The highest BCUT2D eigenvalue weighted by Crippen LogP contribution is 2.45. The molecule has 0 radical (unpaired) electrons. The van der Waals surface area contributed by atoms with E-state index in [0.29, 0.717) is 0 Å². The third-order valence-electron chi connectivity index (χ3n) is 5.59. The number of phenolic OH excluding ortho intramolecular Hbond substituents is 3. The number of hydrogen-bond acceptors (Lipinski definition) is 13. The average Bonchev–Trinajstić information content (AvgIpc) is 2.83. The number of aliphatic hydroxyl groups excluding tert-OH is 4. The monoisotopic (exact) mass is 494 g/mol. The van der Waals surface area contributed by atoms with Crippen molar-refractivity contribution in [1.29, 1.82) is 0 Å². The maximum atomic E-state index is 12.8. The topological polar surface area (TPSA) is 220 Å². The van der Waals surface area contributed by atoms with Gasteiger partial charge in [0.05, 0.1) is 13.7 Å². The molecule has 0 spiro atoms. The van der Waals surface area contributed by atoms with Gasteiger partial charge in [-0.3, -0.25) is 4.79 Å². The van der Waals surface area contributed by atoms with Crippen LogP contribution in [0.2, 0.25) is 0 Å². The van der Waals surface area contributed by atoms with Crippen molar-refractivity contribution in [2.45, 2.75) is 30.7 Å². The van der Waals surface area contributed by atoms with E-state index >= 15 is 0 Å². The van der Waals surface area contributed by atoms with Crippen LogP contribution >= 0.6 is 0 Å². The van der Waals surface area contributed by atoms with Crippen LogP contribution in [0, 0.1) is 0 Å². The van der Waals surface area contributed by atoms with Gasteiger partial charge < -0.3 is 59.5 Å². The van der Waals surface area contributed by atoms with E-state index in [1.165, 1.54) is 6.07 Å². The fourth-order valence-electron chi connectivity index (χ4n) is 3.72. The van der Waals surface area contributed by atoms with Crippen LogP contribution in [-0.4, -0.2) is 85.3 Å². The zero-order valence-corrected chi connectivity index (χ0v) is 18.0. The van der Waals surface area contributed by atoms with E-state index in [4.69, 9.17) is 18.6 Å². The summed E-state index contributed by atoms with van der Waals surface area (Å²) in [4.78, 5) is 12.8. The molecule has 8 N–H and O–H groups in total. The van der Waals surface area contributed by atoms with Crippen LogP contribution in [0.15, 0.2) is 33.5 Å². The van der Waals surface area contributed by atoms with E-state index in [2.05, 4.69) is 0 Å². The number of aliphatic hydroxyl groups is 4. The summed E-state index contributed by atoms with van der Waals surface area (Å²) in [7, 11) is 1.14. The number of hydrogen-bond donors (Lipinski definition) is 8. The molecule has 13 nitrogen and oxygen atoms in total. The molecule has 0 amide bonds. The fraction of sp³-hybridized carbons (Fsp3) is 0.318. The summed E-state index contributed by atoms with van der Waals surface area (Å²) >= 11 is 0. The Morgan fingerprint density at radius 1 is 0.943 bits per heavy atom. The normalized spacial score (nSPS) is 24.4. The molecule has 3 aromatic rings. The summed E-state index contributed by atoms with van der Waals surface area (Å²) < 4.78 is 21.5. The zero-order valence-electron chi connectivity index (χ0n) is 18.0. The summed E-state index contributed by atoms with van der Waals surface area (Å²) in [6.45, 7) is -0.706. The second-order valence-electron chi connectivity index (χ2n) is 7.76. The molecule has 0 aliphatic carbocycles. The van der Waals surface area contributed by atoms with Gasteiger partial charge in [-0.05, 0) is 18.2 Å². The van der Waals surface area contributed by atoms with Gasteiger partial charge in [0.25, 0.3) is 0 Å². The highest BCUT2D eigenvalue weighted by molar-refractivity contribution is 5.91. The van der Waals surface area contributed by atoms with Crippen molar-refractivity contribution in [2.24, 2.45) is 0 Å². The molecule has 1 aliphatic rings. The quantitative estimate of drug-likeness (QED) is 0.209. The van der Waals surface area contributed by atoms with E-state index in [-0.39, 0.29) is 16.9 Å². The van der Waals surface area contributed by atoms with Crippen LogP contribution in [-0.2, 0) is 4.74 Å². The van der Waals surface area contributed by atoms with E-state index in [1.807, 2.05) is 0 Å². The van der Waals surface area contributed by atoms with Crippen LogP contribution in [0.3, 0.4) is 0 Å². The van der Waals surface area contributed by atoms with Crippen molar-refractivity contribution in [1.82, 2.24) is 0 Å². The number of phenols is 3. The molecule has 4 rings (SSSR count). The van der Waals surface area contributed by atoms with Crippen molar-refractivity contribution in [3.05, 3.63) is 34.5 Å². The molecule has 188 valence electrons. The second-order valence-corrected chi connectivity index (χ2v) is 7.76. The largest absolute Gasteiger partial charge is 0.504 e. The Morgan fingerprint density at radius 2 is 1.66 bits per heavy atom. The molecular formula is C22H22O13. The van der Waals surface area contributed by atoms with Gasteiger partial charge >= 0.3 is 0 Å². The predicted octanol–water partition coefficient (Wildman–Crippen LogP) is -0.530. The maximum absolute atomic E-state index is 12.8. The fourth-order valence-corrected chi connectivity index (χ4v) is 3.72. The van der Waals surface area contributed by atoms with Gasteiger partial charge in [-0.1, -0.05) is 0 Å². The van der Waals surface area contributed by atoms with E-state index in [1.54, 1.807) is 0 Å². The highest BCUT2D eigenvalue weighted by atomic mass is 16.7. The van der Waals surface area contributed by atoms with Crippen molar-refractivity contribution < 1.29 is 59.5 Å². The van der Waals surface area contributed by atoms with Crippen molar-refractivity contribution in [3.63, 3.8) is 0 Å². The van der Waals surface area contributed by atoms with Gasteiger partial charge in [-0.25, -0.2) is 0 Å². The number of benzene rings is 2. The van der Waals surface area contributed by atoms with E-state index in [9.17, 15) is 45.6 Å². The van der Waals surface area contributed by atoms with Crippen LogP contribution in [0.25, 0.3) is 22.3 Å². The molecule has 2 heterocycles. The lowest BCUT2D eigenvalue weighted by molar-refractivity contribution is -0.277. The molecule has 1 aliphatic heterocycles. The van der Waals surface area contributed by atoms with Gasteiger partial charge in [-0.2, -0.15) is 0 Å². The van der Waals surface area contributed by atoms with Gasteiger partial charge in [0.1, 0.15) is 35.4 Å². The molecule has 0 saturated carbocycles. The van der Waals surface area contributed by atoms with Crippen LogP contribution in [0.4, 0.5) is 0 Å². The average molecular weight is 494 g/mol. The minimum atomic E-state index is -1.78. The number of methoxy groups -OCH3 is 1. The first-order valence-electron chi connectivity index (χ1n) is 10.2. The lowest BCUT2D eigenvalue weighted by Crippen LogP contribution is -2.60. The predicted molar refractivity (Wildman–Crippen MR) is 116 cm³/mol. The smallest absolute Gasteiger partial charge is 0.238 e. The Hall–Kier alpha value is -3.75. The molecule has 0 unspecified atom stereocenters. The van der Waals surface area contributed by atoms with Crippen LogP contribution < -0.4 is 14.9 Å². The second kappa shape index (κ2) is 9.13. The molecular weight excluding hydrogens is 472 g/mol. The maximum Gasteiger partial charge on any atom is 0.238 e. The molecule has 5 atom stereocenters. The first kappa shape index (κ1) is 24.4. The zero-order chi connectivity index (χ0) is 25.6. The van der Waals surface area contributed by atoms with E-state index < -0.39 is 82.6 Å². The summed E-state index contributed by atoms with van der Waals surface area (Å²) in [6.07, 6.45) is -8.07. The molecule has 2 aromatic carbocycles. The summed E-state index contributed by atoms with van der Waals surface area (Å²) in [5, 5.41) is 79.4.